The fraction of sp³-hybridized carbons (Fsp3) is 0.333. The third-order valence-electron chi connectivity index (χ3n) is 3.01. The van der Waals surface area contributed by atoms with Crippen LogP contribution in [0, 0.1) is 13.8 Å². The predicted molar refractivity (Wildman–Crippen MR) is 71.9 cm³/mol. The van der Waals surface area contributed by atoms with Gasteiger partial charge in [0.2, 0.25) is 5.78 Å². The van der Waals surface area contributed by atoms with E-state index < -0.39 is 0 Å². The van der Waals surface area contributed by atoms with Crippen LogP contribution in [-0.4, -0.2) is 15.3 Å². The molecular weight excluding hydrogens is 224 g/mol. The van der Waals surface area contributed by atoms with Crippen molar-refractivity contribution >= 4 is 5.78 Å². The molecule has 0 aliphatic rings. The van der Waals surface area contributed by atoms with Gasteiger partial charge in [0.25, 0.3) is 0 Å². The van der Waals surface area contributed by atoms with Gasteiger partial charge in [0, 0.05) is 24.5 Å². The van der Waals surface area contributed by atoms with Gasteiger partial charge >= 0.3 is 0 Å². The van der Waals surface area contributed by atoms with E-state index in [0.29, 0.717) is 5.82 Å². The van der Waals surface area contributed by atoms with Gasteiger partial charge in [-0.05, 0) is 25.8 Å². The Labute approximate surface area is 107 Å². The highest BCUT2D eigenvalue weighted by molar-refractivity contribution is 6.07. The van der Waals surface area contributed by atoms with Crippen molar-refractivity contribution in [2.75, 3.05) is 0 Å². The van der Waals surface area contributed by atoms with Gasteiger partial charge in [-0.2, -0.15) is 0 Å². The number of hydrogen-bond acceptors (Lipinski definition) is 2. The number of benzene rings is 1. The molecule has 1 aromatic carbocycles. The van der Waals surface area contributed by atoms with Crippen LogP contribution in [0.2, 0.25) is 0 Å². The van der Waals surface area contributed by atoms with E-state index in [1.54, 1.807) is 6.20 Å². The minimum absolute atomic E-state index is 0.00551. The molecule has 0 unspecified atom stereocenters. The average molecular weight is 242 g/mol. The van der Waals surface area contributed by atoms with E-state index >= 15 is 0 Å². The number of nitrogens with zero attached hydrogens (tertiary/aromatic N) is 2. The van der Waals surface area contributed by atoms with Crippen LogP contribution >= 0.6 is 0 Å². The molecule has 0 fully saturated rings. The van der Waals surface area contributed by atoms with Crippen molar-refractivity contribution in [3.63, 3.8) is 0 Å². The molecule has 0 radical (unpaired) electrons. The molecule has 0 aliphatic heterocycles. The summed E-state index contributed by atoms with van der Waals surface area (Å²) in [6.45, 7) is 6.91. The van der Waals surface area contributed by atoms with E-state index in [1.807, 2.05) is 42.8 Å². The highest BCUT2D eigenvalue weighted by atomic mass is 16.1. The van der Waals surface area contributed by atoms with Crippen molar-refractivity contribution < 1.29 is 4.79 Å². The van der Waals surface area contributed by atoms with Gasteiger partial charge < -0.3 is 4.57 Å². The first-order valence-electron chi connectivity index (χ1n) is 6.26. The minimum atomic E-state index is 0.00551. The second kappa shape index (κ2) is 5.17. The van der Waals surface area contributed by atoms with E-state index in [2.05, 4.69) is 11.9 Å². The molecule has 94 valence electrons. The Bertz CT molecular complexity index is 570. The second-order valence-corrected chi connectivity index (χ2v) is 4.59. The zero-order chi connectivity index (χ0) is 13.1. The first-order chi connectivity index (χ1) is 8.63. The lowest BCUT2D eigenvalue weighted by Gasteiger charge is -2.08. The first-order valence-corrected chi connectivity index (χ1v) is 6.26. The van der Waals surface area contributed by atoms with Crippen molar-refractivity contribution in [3.8, 4) is 0 Å². The molecule has 3 heteroatoms. The molecule has 3 nitrogen and oxygen atoms in total. The Morgan fingerprint density at radius 2 is 2.11 bits per heavy atom. The van der Waals surface area contributed by atoms with Crippen molar-refractivity contribution in [1.29, 1.82) is 0 Å². The monoisotopic (exact) mass is 242 g/mol. The van der Waals surface area contributed by atoms with Crippen molar-refractivity contribution in [3.05, 3.63) is 53.1 Å². The summed E-state index contributed by atoms with van der Waals surface area (Å²) in [6.07, 6.45) is 4.54. The van der Waals surface area contributed by atoms with Crippen LogP contribution in [0.3, 0.4) is 0 Å². The third-order valence-corrected chi connectivity index (χ3v) is 3.01. The highest BCUT2D eigenvalue weighted by Gasteiger charge is 2.16. The molecule has 0 atom stereocenters. The zero-order valence-electron chi connectivity index (χ0n) is 11.1. The number of aryl methyl sites for hydroxylation is 3. The lowest BCUT2D eigenvalue weighted by Crippen LogP contribution is -2.12. The molecule has 0 saturated heterocycles. The van der Waals surface area contributed by atoms with Crippen LogP contribution in [-0.2, 0) is 6.54 Å². The lowest BCUT2D eigenvalue weighted by molar-refractivity contribution is 0.102. The number of imidazole rings is 1. The average Bonchev–Trinajstić information content (AvgIpc) is 2.77. The Balaban J connectivity index is 2.38. The summed E-state index contributed by atoms with van der Waals surface area (Å²) in [7, 11) is 0. The summed E-state index contributed by atoms with van der Waals surface area (Å²) in [6, 6.07) is 5.88. The van der Waals surface area contributed by atoms with Crippen molar-refractivity contribution in [2.24, 2.45) is 0 Å². The predicted octanol–water partition coefficient (Wildman–Crippen LogP) is 3.14. The van der Waals surface area contributed by atoms with Crippen LogP contribution in [0.4, 0.5) is 0 Å². The molecule has 2 rings (SSSR count). The molecule has 0 spiro atoms. The van der Waals surface area contributed by atoms with Crippen LogP contribution < -0.4 is 0 Å². The maximum atomic E-state index is 12.5. The zero-order valence-corrected chi connectivity index (χ0v) is 11.1. The van der Waals surface area contributed by atoms with E-state index in [0.717, 1.165) is 24.1 Å². The fourth-order valence-corrected chi connectivity index (χ4v) is 2.13. The van der Waals surface area contributed by atoms with E-state index in [4.69, 9.17) is 0 Å². The van der Waals surface area contributed by atoms with Gasteiger partial charge in [-0.15, -0.1) is 0 Å². The summed E-state index contributed by atoms with van der Waals surface area (Å²) in [5, 5.41) is 0. The van der Waals surface area contributed by atoms with E-state index in [1.165, 1.54) is 5.56 Å². The molecule has 1 heterocycles. The topological polar surface area (TPSA) is 34.9 Å². The quantitative estimate of drug-likeness (QED) is 0.772. The Morgan fingerprint density at radius 1 is 1.33 bits per heavy atom. The molecule has 18 heavy (non-hydrogen) atoms. The second-order valence-electron chi connectivity index (χ2n) is 4.59. The minimum Gasteiger partial charge on any atom is -0.328 e. The molecule has 0 bridgehead atoms. The number of carbonyl (C=O) groups excluding carboxylic acids is 1. The van der Waals surface area contributed by atoms with Gasteiger partial charge in [-0.1, -0.05) is 30.7 Å². The molecule has 0 aliphatic carbocycles. The maximum Gasteiger partial charge on any atom is 0.228 e. The molecular formula is C15H18N2O. The maximum absolute atomic E-state index is 12.5. The lowest BCUT2D eigenvalue weighted by atomic mass is 10.0. The summed E-state index contributed by atoms with van der Waals surface area (Å²) in [5.41, 5.74) is 2.91. The van der Waals surface area contributed by atoms with Gasteiger partial charge in [-0.25, -0.2) is 4.98 Å². The molecule has 1 aromatic heterocycles. The molecule has 0 N–H and O–H groups in total. The summed E-state index contributed by atoms with van der Waals surface area (Å²) in [4.78, 5) is 16.6. The number of hydrogen-bond donors (Lipinski definition) is 0. The number of ketones is 1. The fourth-order valence-electron chi connectivity index (χ4n) is 2.13. The van der Waals surface area contributed by atoms with Crippen LogP contribution in [0.1, 0.15) is 40.7 Å². The number of carbonyl (C=O) groups is 1. The van der Waals surface area contributed by atoms with Gasteiger partial charge in [0.1, 0.15) is 0 Å². The van der Waals surface area contributed by atoms with Crippen LogP contribution in [0.5, 0.6) is 0 Å². The SMILES string of the molecule is CCCn1ccnc1C(=O)c1ccc(C)cc1C. The Morgan fingerprint density at radius 3 is 2.78 bits per heavy atom. The van der Waals surface area contributed by atoms with Crippen molar-refractivity contribution in [2.45, 2.75) is 33.7 Å². The van der Waals surface area contributed by atoms with Gasteiger partial charge in [0.15, 0.2) is 5.82 Å². The number of aromatic nitrogens is 2. The smallest absolute Gasteiger partial charge is 0.228 e. The largest absolute Gasteiger partial charge is 0.328 e. The normalized spacial score (nSPS) is 10.6. The van der Waals surface area contributed by atoms with Gasteiger partial charge in [0.05, 0.1) is 0 Å². The molecule has 0 amide bonds. The van der Waals surface area contributed by atoms with Crippen LogP contribution in [0.15, 0.2) is 30.6 Å². The standard InChI is InChI=1S/C15H18N2O/c1-4-8-17-9-7-16-15(17)14(18)13-6-5-11(2)10-12(13)3/h5-7,9-10H,4,8H2,1-3H3. The van der Waals surface area contributed by atoms with Gasteiger partial charge in [-0.3, -0.25) is 4.79 Å². The van der Waals surface area contributed by atoms with E-state index in [-0.39, 0.29) is 5.78 Å². The molecule has 0 saturated carbocycles. The van der Waals surface area contributed by atoms with E-state index in [9.17, 15) is 4.79 Å². The Hall–Kier alpha value is -1.90. The first kappa shape index (κ1) is 12.6. The summed E-state index contributed by atoms with van der Waals surface area (Å²) in [5.74, 6) is 0.537. The number of rotatable bonds is 4. The molecule has 2 aromatic rings. The third kappa shape index (κ3) is 2.35. The van der Waals surface area contributed by atoms with Crippen LogP contribution in [0.25, 0.3) is 0 Å². The summed E-state index contributed by atoms with van der Waals surface area (Å²) < 4.78 is 1.92. The van der Waals surface area contributed by atoms with Crippen molar-refractivity contribution in [1.82, 2.24) is 9.55 Å². The Kier molecular flexibility index (Phi) is 3.60. The summed E-state index contributed by atoms with van der Waals surface area (Å²) >= 11 is 0. The highest BCUT2D eigenvalue weighted by Crippen LogP contribution is 2.15.